The third-order valence-corrected chi connectivity index (χ3v) is 5.75. The summed E-state index contributed by atoms with van der Waals surface area (Å²) in [5, 5.41) is 29.4. The van der Waals surface area contributed by atoms with Gasteiger partial charge >= 0.3 is 0 Å². The zero-order valence-corrected chi connectivity index (χ0v) is 17.3. The van der Waals surface area contributed by atoms with Crippen LogP contribution >= 0.6 is 0 Å². The van der Waals surface area contributed by atoms with Crippen LogP contribution in [0.15, 0.2) is 30.9 Å². The van der Waals surface area contributed by atoms with Gasteiger partial charge in [-0.25, -0.2) is 15.0 Å². The van der Waals surface area contributed by atoms with Crippen molar-refractivity contribution in [3.63, 3.8) is 0 Å². The van der Waals surface area contributed by atoms with E-state index in [1.165, 1.54) is 17.2 Å². The monoisotopic (exact) mass is 454 g/mol. The number of hydrogen-bond donors (Lipinski definition) is 6. The van der Waals surface area contributed by atoms with E-state index < -0.39 is 24.5 Å². The molecule has 4 heterocycles. The minimum Gasteiger partial charge on any atom is -0.387 e. The molecule has 0 unspecified atom stereocenters. The largest absolute Gasteiger partial charge is 0.387 e. The number of imidazole rings is 1. The second-order valence-electron chi connectivity index (χ2n) is 7.82. The summed E-state index contributed by atoms with van der Waals surface area (Å²) in [6.45, 7) is 0.411. The molecule has 4 atom stereocenters. The summed E-state index contributed by atoms with van der Waals surface area (Å²) >= 11 is 0. The average molecular weight is 454 g/mol. The van der Waals surface area contributed by atoms with Crippen molar-refractivity contribution >= 4 is 34.5 Å². The molecular weight excluding hydrogens is 432 g/mol. The van der Waals surface area contributed by atoms with Gasteiger partial charge in [0.2, 0.25) is 5.91 Å². The van der Waals surface area contributed by atoms with Crippen molar-refractivity contribution < 1.29 is 24.5 Å². The van der Waals surface area contributed by atoms with E-state index in [4.69, 9.17) is 10.5 Å². The third-order valence-electron chi connectivity index (χ3n) is 5.75. The maximum atomic E-state index is 12.4. The molecule has 172 valence electrons. The summed E-state index contributed by atoms with van der Waals surface area (Å²) in [6.07, 6.45) is -1.46. The topological polar surface area (TPSA) is 190 Å². The number of ether oxygens (including phenoxy) is 1. The molecule has 2 aliphatic heterocycles. The number of carbonyl (C=O) groups excluding carboxylic acids is 2. The number of nitrogens with zero attached hydrogens (tertiary/aromatic N) is 4. The summed E-state index contributed by atoms with van der Waals surface area (Å²) in [5.41, 5.74) is 8.39. The number of rotatable bonds is 6. The molecule has 1 saturated heterocycles. The van der Waals surface area contributed by atoms with Crippen molar-refractivity contribution in [3.05, 3.63) is 42.0 Å². The van der Waals surface area contributed by atoms with Gasteiger partial charge in [0.05, 0.1) is 12.9 Å². The molecular formula is C20H22N8O5. The predicted octanol–water partition coefficient (Wildman–Crippen LogP) is -1.50. The first kappa shape index (κ1) is 21.2. The van der Waals surface area contributed by atoms with Crippen LogP contribution in [0.3, 0.4) is 0 Å². The normalized spacial score (nSPS) is 24.1. The Kier molecular flexibility index (Phi) is 5.38. The average Bonchev–Trinajstić information content (AvgIpc) is 3.47. The number of nitrogens with one attached hydrogen (secondary N) is 3. The number of anilines is 2. The Morgan fingerprint density at radius 1 is 1.27 bits per heavy atom. The first-order chi connectivity index (χ1) is 15.9. The molecule has 2 aromatic heterocycles. The van der Waals surface area contributed by atoms with Crippen LogP contribution < -0.4 is 21.7 Å². The second-order valence-corrected chi connectivity index (χ2v) is 7.82. The number of nitrogen functional groups attached to an aromatic ring is 1. The Labute approximate surface area is 187 Å². The number of benzene rings is 1. The molecule has 0 saturated carbocycles. The van der Waals surface area contributed by atoms with Gasteiger partial charge in [-0.15, -0.1) is 0 Å². The molecule has 0 bridgehead atoms. The number of aliphatic hydroxyl groups excluding tert-OH is 2. The molecule has 2 amide bonds. The van der Waals surface area contributed by atoms with Crippen LogP contribution in [0.25, 0.3) is 11.2 Å². The number of carbonyl (C=O) groups is 2. The third kappa shape index (κ3) is 3.76. The van der Waals surface area contributed by atoms with E-state index >= 15 is 0 Å². The van der Waals surface area contributed by atoms with Crippen molar-refractivity contribution in [1.29, 1.82) is 0 Å². The first-order valence-corrected chi connectivity index (χ1v) is 10.3. The fourth-order valence-electron chi connectivity index (χ4n) is 4.08. The smallest absolute Gasteiger partial charge is 0.251 e. The zero-order valence-electron chi connectivity index (χ0n) is 17.3. The van der Waals surface area contributed by atoms with Crippen LogP contribution in [-0.2, 0) is 16.1 Å². The Hall–Kier alpha value is -3.65. The van der Waals surface area contributed by atoms with Gasteiger partial charge in [0, 0.05) is 29.9 Å². The summed E-state index contributed by atoms with van der Waals surface area (Å²) in [4.78, 5) is 36.3. The maximum absolute atomic E-state index is 12.4. The zero-order chi connectivity index (χ0) is 23.1. The van der Waals surface area contributed by atoms with Gasteiger partial charge in [0.25, 0.3) is 5.91 Å². The quantitative estimate of drug-likeness (QED) is 0.256. The summed E-state index contributed by atoms with van der Waals surface area (Å²) in [7, 11) is 0. The van der Waals surface area contributed by atoms with E-state index in [1.807, 2.05) is 0 Å². The number of aliphatic hydroxyl groups is 2. The highest BCUT2D eigenvalue weighted by molar-refractivity contribution is 6.02. The van der Waals surface area contributed by atoms with Gasteiger partial charge < -0.3 is 36.6 Å². The highest BCUT2D eigenvalue weighted by atomic mass is 16.6. The molecule has 5 rings (SSSR count). The minimum atomic E-state index is -1.24. The van der Waals surface area contributed by atoms with Crippen LogP contribution in [0, 0.1) is 0 Å². The number of fused-ring (bicyclic) bond motifs is 2. The fraction of sp³-hybridized carbons (Fsp3) is 0.350. The molecule has 0 aliphatic carbocycles. The fourth-order valence-corrected chi connectivity index (χ4v) is 4.08. The van der Waals surface area contributed by atoms with Crippen molar-refractivity contribution in [2.45, 2.75) is 31.1 Å². The molecule has 0 spiro atoms. The lowest BCUT2D eigenvalue weighted by atomic mass is 10.1. The Balaban J connectivity index is 1.19. The molecule has 13 heteroatoms. The second kappa shape index (κ2) is 8.37. The molecule has 1 fully saturated rings. The van der Waals surface area contributed by atoms with E-state index in [-0.39, 0.29) is 30.7 Å². The molecule has 13 nitrogen and oxygen atoms in total. The van der Waals surface area contributed by atoms with Crippen molar-refractivity contribution in [2.75, 3.05) is 24.1 Å². The number of nitrogens with two attached hydrogens (primary N) is 1. The number of aromatic nitrogens is 4. The van der Waals surface area contributed by atoms with Crippen LogP contribution in [0.4, 0.5) is 11.5 Å². The lowest BCUT2D eigenvalue weighted by Crippen LogP contribution is -2.40. The number of amides is 2. The lowest BCUT2D eigenvalue weighted by Gasteiger charge is -2.16. The van der Waals surface area contributed by atoms with Crippen molar-refractivity contribution in [3.8, 4) is 0 Å². The van der Waals surface area contributed by atoms with E-state index in [0.717, 1.165) is 5.56 Å². The highest BCUT2D eigenvalue weighted by Crippen LogP contribution is 2.31. The highest BCUT2D eigenvalue weighted by Gasteiger charge is 2.44. The standard InChI is InChI=1S/C20H22N8O5/c21-17-14-18(25-7-24-17)28(8-26-14)20-16(31)15(30)12(33-20)5-22-6-13(29)27-11-3-1-2-9-10(11)4-23-19(9)32/h1-3,7-8,12,15-16,20,22,30-31H,4-6H2,(H,23,32)(H,27,29)(H2,21,24,25)/t12-,15-,16-,20-/m1/s1. The molecule has 0 radical (unpaired) electrons. The van der Waals surface area contributed by atoms with Gasteiger partial charge in [0.15, 0.2) is 17.7 Å². The lowest BCUT2D eigenvalue weighted by molar-refractivity contribution is -0.115. The Bertz CT molecular complexity index is 1230. The van der Waals surface area contributed by atoms with Gasteiger partial charge in [0.1, 0.15) is 30.2 Å². The SMILES string of the molecule is Nc1ncnc2c1ncn2[C@@H]1O[C@H](CNCC(=O)Nc2cccc3c2CNC3=O)[C@@H](O)[C@H]1O. The van der Waals surface area contributed by atoms with E-state index in [2.05, 4.69) is 30.9 Å². The molecule has 3 aromatic rings. The molecule has 7 N–H and O–H groups in total. The molecule has 2 aliphatic rings. The Morgan fingerprint density at radius 3 is 2.97 bits per heavy atom. The number of hydrogen-bond acceptors (Lipinski definition) is 10. The molecule has 1 aromatic carbocycles. The van der Waals surface area contributed by atoms with E-state index in [0.29, 0.717) is 29.0 Å². The van der Waals surface area contributed by atoms with Gasteiger partial charge in [-0.1, -0.05) is 6.07 Å². The maximum Gasteiger partial charge on any atom is 0.251 e. The van der Waals surface area contributed by atoms with Gasteiger partial charge in [-0.2, -0.15) is 0 Å². The van der Waals surface area contributed by atoms with Crippen molar-refractivity contribution in [2.24, 2.45) is 0 Å². The van der Waals surface area contributed by atoms with Crippen LogP contribution in [0.2, 0.25) is 0 Å². The molecule has 33 heavy (non-hydrogen) atoms. The van der Waals surface area contributed by atoms with Crippen molar-refractivity contribution in [1.82, 2.24) is 30.2 Å². The Morgan fingerprint density at radius 2 is 2.12 bits per heavy atom. The van der Waals surface area contributed by atoms with E-state index in [9.17, 15) is 19.8 Å². The van der Waals surface area contributed by atoms with Crippen LogP contribution in [0.5, 0.6) is 0 Å². The van der Waals surface area contributed by atoms with Gasteiger partial charge in [-0.05, 0) is 12.1 Å². The van der Waals surface area contributed by atoms with Crippen LogP contribution in [0.1, 0.15) is 22.1 Å². The summed E-state index contributed by atoms with van der Waals surface area (Å²) in [6, 6.07) is 5.14. The van der Waals surface area contributed by atoms with E-state index in [1.54, 1.807) is 18.2 Å². The van der Waals surface area contributed by atoms with Crippen LogP contribution in [-0.4, -0.2) is 72.9 Å². The summed E-state index contributed by atoms with van der Waals surface area (Å²) < 4.78 is 7.32. The van der Waals surface area contributed by atoms with Gasteiger partial charge in [-0.3, -0.25) is 14.2 Å². The summed E-state index contributed by atoms with van der Waals surface area (Å²) in [5.74, 6) is -0.292. The first-order valence-electron chi connectivity index (χ1n) is 10.3. The predicted molar refractivity (Wildman–Crippen MR) is 115 cm³/mol. The minimum absolute atomic E-state index is 0.0594.